The van der Waals surface area contributed by atoms with Crippen LogP contribution in [0.15, 0.2) is 54.6 Å². The molecule has 110 valence electrons. The minimum absolute atomic E-state index is 0.317. The molecule has 2 aromatic carbocycles. The highest BCUT2D eigenvalue weighted by atomic mass is 16.3. The van der Waals surface area contributed by atoms with Crippen molar-refractivity contribution in [2.24, 2.45) is 0 Å². The standard InChI is InChI=1S/C20H24O/c1-2-13-20(21,14-12-16-8-4-3-5-9-16)19-15-17-10-6-7-11-18(17)19/h3-11,19,21H,2,12-15H2,1H3. The van der Waals surface area contributed by atoms with Gasteiger partial charge in [0.05, 0.1) is 5.60 Å². The Hall–Kier alpha value is -1.60. The highest BCUT2D eigenvalue weighted by Crippen LogP contribution is 2.46. The Kier molecular flexibility index (Phi) is 4.12. The number of hydrogen-bond donors (Lipinski definition) is 1. The van der Waals surface area contributed by atoms with Crippen molar-refractivity contribution < 1.29 is 5.11 Å². The van der Waals surface area contributed by atoms with Crippen LogP contribution in [0, 0.1) is 0 Å². The first-order valence-electron chi connectivity index (χ1n) is 8.07. The minimum atomic E-state index is -0.557. The van der Waals surface area contributed by atoms with Gasteiger partial charge in [0.1, 0.15) is 0 Å². The zero-order valence-electron chi connectivity index (χ0n) is 12.8. The summed E-state index contributed by atoms with van der Waals surface area (Å²) in [5, 5.41) is 11.2. The number of aliphatic hydroxyl groups is 1. The Labute approximate surface area is 127 Å². The maximum Gasteiger partial charge on any atom is 0.0722 e. The molecule has 1 aliphatic carbocycles. The molecule has 1 N–H and O–H groups in total. The Bertz CT molecular complexity index is 590. The van der Waals surface area contributed by atoms with E-state index in [0.717, 1.165) is 32.1 Å². The minimum Gasteiger partial charge on any atom is -0.389 e. The Morgan fingerprint density at radius 2 is 1.71 bits per heavy atom. The predicted octanol–water partition coefficient (Wildman–Crippen LogP) is 4.49. The maximum atomic E-state index is 11.2. The summed E-state index contributed by atoms with van der Waals surface area (Å²) in [4.78, 5) is 0. The van der Waals surface area contributed by atoms with Crippen LogP contribution in [0.1, 0.15) is 48.8 Å². The fourth-order valence-electron chi connectivity index (χ4n) is 3.65. The lowest BCUT2D eigenvalue weighted by Gasteiger charge is -2.43. The van der Waals surface area contributed by atoms with Gasteiger partial charge < -0.3 is 5.11 Å². The second-order valence-corrected chi connectivity index (χ2v) is 6.29. The summed E-state index contributed by atoms with van der Waals surface area (Å²) >= 11 is 0. The van der Waals surface area contributed by atoms with Crippen LogP contribution in [-0.4, -0.2) is 10.7 Å². The van der Waals surface area contributed by atoms with Gasteiger partial charge in [-0.3, -0.25) is 0 Å². The molecule has 2 atom stereocenters. The molecule has 0 radical (unpaired) electrons. The van der Waals surface area contributed by atoms with Crippen molar-refractivity contribution in [3.05, 3.63) is 71.3 Å². The summed E-state index contributed by atoms with van der Waals surface area (Å²) in [5.74, 6) is 0.317. The fourth-order valence-corrected chi connectivity index (χ4v) is 3.65. The normalized spacial score (nSPS) is 19.4. The van der Waals surface area contributed by atoms with Gasteiger partial charge in [0, 0.05) is 5.92 Å². The SMILES string of the molecule is CCCC(O)(CCc1ccccc1)C1Cc2ccccc21. The van der Waals surface area contributed by atoms with Crippen molar-refractivity contribution >= 4 is 0 Å². The molecule has 0 saturated carbocycles. The number of fused-ring (bicyclic) bond motifs is 1. The summed E-state index contributed by atoms with van der Waals surface area (Å²) in [7, 11) is 0. The van der Waals surface area contributed by atoms with Crippen LogP contribution < -0.4 is 0 Å². The lowest BCUT2D eigenvalue weighted by molar-refractivity contribution is -0.0122. The van der Waals surface area contributed by atoms with Crippen molar-refractivity contribution in [1.29, 1.82) is 0 Å². The zero-order chi connectivity index (χ0) is 14.7. The van der Waals surface area contributed by atoms with Crippen molar-refractivity contribution in [2.45, 2.75) is 50.5 Å². The zero-order valence-corrected chi connectivity index (χ0v) is 12.8. The van der Waals surface area contributed by atoms with E-state index in [1.54, 1.807) is 0 Å². The molecule has 0 bridgehead atoms. The Morgan fingerprint density at radius 3 is 2.43 bits per heavy atom. The van der Waals surface area contributed by atoms with Gasteiger partial charge in [-0.25, -0.2) is 0 Å². The second kappa shape index (κ2) is 6.03. The van der Waals surface area contributed by atoms with Crippen LogP contribution in [0.3, 0.4) is 0 Å². The number of benzene rings is 2. The molecule has 2 aromatic rings. The first kappa shape index (κ1) is 14.3. The third-order valence-corrected chi connectivity index (χ3v) is 4.88. The van der Waals surface area contributed by atoms with Gasteiger partial charge in [0.15, 0.2) is 0 Å². The highest BCUT2D eigenvalue weighted by Gasteiger charge is 2.42. The van der Waals surface area contributed by atoms with Crippen molar-refractivity contribution in [3.8, 4) is 0 Å². The van der Waals surface area contributed by atoms with Gasteiger partial charge in [0.25, 0.3) is 0 Å². The number of hydrogen-bond acceptors (Lipinski definition) is 1. The van der Waals surface area contributed by atoms with E-state index in [2.05, 4.69) is 55.5 Å². The van der Waals surface area contributed by atoms with E-state index in [-0.39, 0.29) is 0 Å². The van der Waals surface area contributed by atoms with Gasteiger partial charge >= 0.3 is 0 Å². The number of rotatable bonds is 6. The van der Waals surface area contributed by atoms with Crippen LogP contribution >= 0.6 is 0 Å². The molecule has 3 rings (SSSR count). The summed E-state index contributed by atoms with van der Waals surface area (Å²) in [6, 6.07) is 19.1. The smallest absolute Gasteiger partial charge is 0.0722 e. The van der Waals surface area contributed by atoms with Gasteiger partial charge in [-0.2, -0.15) is 0 Å². The van der Waals surface area contributed by atoms with E-state index in [0.29, 0.717) is 5.92 Å². The van der Waals surface area contributed by atoms with Crippen LogP contribution in [-0.2, 0) is 12.8 Å². The largest absolute Gasteiger partial charge is 0.389 e. The van der Waals surface area contributed by atoms with Crippen LogP contribution in [0.4, 0.5) is 0 Å². The van der Waals surface area contributed by atoms with Gasteiger partial charge in [-0.05, 0) is 42.4 Å². The first-order valence-corrected chi connectivity index (χ1v) is 8.07. The van der Waals surface area contributed by atoms with E-state index < -0.39 is 5.60 Å². The molecule has 0 saturated heterocycles. The average Bonchev–Trinajstić information content (AvgIpc) is 2.48. The summed E-state index contributed by atoms with van der Waals surface area (Å²) in [5.41, 5.74) is 3.54. The highest BCUT2D eigenvalue weighted by molar-refractivity contribution is 5.42. The summed E-state index contributed by atoms with van der Waals surface area (Å²) in [6.07, 6.45) is 4.75. The molecule has 0 spiro atoms. The first-order chi connectivity index (χ1) is 10.2. The van der Waals surface area contributed by atoms with E-state index in [1.165, 1.54) is 16.7 Å². The second-order valence-electron chi connectivity index (χ2n) is 6.29. The Morgan fingerprint density at radius 1 is 1.00 bits per heavy atom. The lowest BCUT2D eigenvalue weighted by atomic mass is 9.65. The van der Waals surface area contributed by atoms with Crippen molar-refractivity contribution in [3.63, 3.8) is 0 Å². The molecule has 21 heavy (non-hydrogen) atoms. The maximum absolute atomic E-state index is 11.2. The molecular weight excluding hydrogens is 256 g/mol. The summed E-state index contributed by atoms with van der Waals surface area (Å²) < 4.78 is 0. The van der Waals surface area contributed by atoms with Gasteiger partial charge in [-0.15, -0.1) is 0 Å². The van der Waals surface area contributed by atoms with Crippen molar-refractivity contribution in [2.75, 3.05) is 0 Å². The third-order valence-electron chi connectivity index (χ3n) is 4.88. The number of aryl methyl sites for hydroxylation is 1. The molecule has 0 heterocycles. The lowest BCUT2D eigenvalue weighted by Crippen LogP contribution is -2.42. The molecule has 0 aliphatic heterocycles. The molecule has 1 aliphatic rings. The van der Waals surface area contributed by atoms with Crippen LogP contribution in [0.25, 0.3) is 0 Å². The molecule has 0 amide bonds. The van der Waals surface area contributed by atoms with E-state index >= 15 is 0 Å². The van der Waals surface area contributed by atoms with Crippen LogP contribution in [0.2, 0.25) is 0 Å². The molecule has 0 aromatic heterocycles. The molecule has 2 unspecified atom stereocenters. The van der Waals surface area contributed by atoms with E-state index in [9.17, 15) is 5.11 Å². The fraction of sp³-hybridized carbons (Fsp3) is 0.400. The van der Waals surface area contributed by atoms with Gasteiger partial charge in [-0.1, -0.05) is 67.9 Å². The molecule has 0 fully saturated rings. The molecule has 1 nitrogen and oxygen atoms in total. The van der Waals surface area contributed by atoms with E-state index in [4.69, 9.17) is 0 Å². The van der Waals surface area contributed by atoms with Crippen molar-refractivity contribution in [1.82, 2.24) is 0 Å². The third kappa shape index (κ3) is 2.89. The quantitative estimate of drug-likeness (QED) is 0.826. The van der Waals surface area contributed by atoms with Crippen LogP contribution in [0.5, 0.6) is 0 Å². The monoisotopic (exact) mass is 280 g/mol. The summed E-state index contributed by atoms with van der Waals surface area (Å²) in [6.45, 7) is 2.16. The predicted molar refractivity (Wildman–Crippen MR) is 87.5 cm³/mol. The molecular formula is C20H24O. The Balaban J connectivity index is 1.74. The van der Waals surface area contributed by atoms with E-state index in [1.807, 2.05) is 6.07 Å². The average molecular weight is 280 g/mol. The topological polar surface area (TPSA) is 20.2 Å². The van der Waals surface area contributed by atoms with Gasteiger partial charge in [0.2, 0.25) is 0 Å². The molecule has 1 heteroatoms.